The van der Waals surface area contributed by atoms with E-state index in [1.807, 2.05) is 0 Å². The summed E-state index contributed by atoms with van der Waals surface area (Å²) in [6.45, 7) is 0. The Balaban J connectivity index is 2.79. The molecule has 0 radical (unpaired) electrons. The van der Waals surface area contributed by atoms with Gasteiger partial charge in [-0.3, -0.25) is 0 Å². The minimum Gasteiger partial charge on any atom is -0.335 e. The monoisotopic (exact) mass is 364 g/mol. The molecule has 1 unspecified atom stereocenters. The van der Waals surface area contributed by atoms with Crippen LogP contribution in [0.3, 0.4) is 0 Å². The Bertz CT molecular complexity index is 444. The SMILES string of the molecule is CN(C(=O)NC1CCCCC1)C(C(Cl)(Cl)Cl)S(C)(=O)=O. The van der Waals surface area contributed by atoms with Crippen LogP contribution in [0.4, 0.5) is 4.79 Å². The van der Waals surface area contributed by atoms with Crippen LogP contribution in [0, 0.1) is 0 Å². The highest BCUT2D eigenvalue weighted by molar-refractivity contribution is 7.91. The number of sulfone groups is 1. The largest absolute Gasteiger partial charge is 0.335 e. The molecule has 0 heterocycles. The van der Waals surface area contributed by atoms with Crippen LogP contribution in [0.1, 0.15) is 32.1 Å². The lowest BCUT2D eigenvalue weighted by Gasteiger charge is -2.33. The number of halogens is 3. The highest BCUT2D eigenvalue weighted by atomic mass is 35.6. The first-order valence-corrected chi connectivity index (χ1v) is 9.41. The highest BCUT2D eigenvalue weighted by Crippen LogP contribution is 2.35. The number of urea groups is 1. The van der Waals surface area contributed by atoms with E-state index in [1.54, 1.807) is 0 Å². The molecule has 1 atom stereocenters. The Morgan fingerprint density at radius 2 is 1.75 bits per heavy atom. The minimum atomic E-state index is -3.74. The standard InChI is InChI=1S/C11H19Cl3N2O3S/c1-16(9(11(12,13)14)20(2,18)19)10(17)15-8-6-4-3-5-7-8/h8-9H,3-7H2,1-2H3,(H,15,17). The Labute approximate surface area is 134 Å². The predicted octanol–water partition coefficient (Wildman–Crippen LogP) is 2.70. The van der Waals surface area contributed by atoms with E-state index in [0.717, 1.165) is 43.3 Å². The van der Waals surface area contributed by atoms with Gasteiger partial charge < -0.3 is 10.2 Å². The van der Waals surface area contributed by atoms with Gasteiger partial charge in [0.15, 0.2) is 15.2 Å². The molecule has 20 heavy (non-hydrogen) atoms. The van der Waals surface area contributed by atoms with Crippen molar-refractivity contribution >= 4 is 50.7 Å². The van der Waals surface area contributed by atoms with Gasteiger partial charge in [-0.05, 0) is 12.8 Å². The molecule has 9 heteroatoms. The zero-order valence-electron chi connectivity index (χ0n) is 11.4. The van der Waals surface area contributed by atoms with Gasteiger partial charge in [-0.25, -0.2) is 13.2 Å². The van der Waals surface area contributed by atoms with E-state index >= 15 is 0 Å². The Morgan fingerprint density at radius 3 is 2.15 bits per heavy atom. The summed E-state index contributed by atoms with van der Waals surface area (Å²) in [5, 5.41) is 1.27. The number of hydrogen-bond acceptors (Lipinski definition) is 3. The van der Waals surface area contributed by atoms with E-state index in [-0.39, 0.29) is 6.04 Å². The van der Waals surface area contributed by atoms with Crippen molar-refractivity contribution in [2.75, 3.05) is 13.3 Å². The van der Waals surface area contributed by atoms with Gasteiger partial charge in [0.1, 0.15) is 0 Å². The topological polar surface area (TPSA) is 66.5 Å². The molecule has 0 aromatic carbocycles. The molecule has 0 saturated heterocycles. The first-order chi connectivity index (χ1) is 9.03. The summed E-state index contributed by atoms with van der Waals surface area (Å²) in [6, 6.07) is -0.493. The van der Waals surface area contributed by atoms with Crippen molar-refractivity contribution in [2.24, 2.45) is 0 Å². The second-order valence-electron chi connectivity index (χ2n) is 5.12. The summed E-state index contributed by atoms with van der Waals surface area (Å²) in [4.78, 5) is 13.1. The van der Waals surface area contributed by atoms with Crippen molar-refractivity contribution < 1.29 is 13.2 Å². The van der Waals surface area contributed by atoms with Crippen molar-refractivity contribution in [1.82, 2.24) is 10.2 Å². The number of alkyl halides is 3. The van der Waals surface area contributed by atoms with Crippen LogP contribution in [0.25, 0.3) is 0 Å². The number of nitrogens with one attached hydrogen (secondary N) is 1. The molecule has 0 aromatic rings. The van der Waals surface area contributed by atoms with Crippen molar-refractivity contribution in [3.63, 3.8) is 0 Å². The highest BCUT2D eigenvalue weighted by Gasteiger charge is 2.45. The fourth-order valence-corrected chi connectivity index (χ4v) is 5.43. The maximum atomic E-state index is 12.1. The first-order valence-electron chi connectivity index (χ1n) is 6.32. The van der Waals surface area contributed by atoms with E-state index < -0.39 is 25.0 Å². The number of nitrogens with zero attached hydrogens (tertiary/aromatic N) is 1. The Hall–Kier alpha value is 0.0900. The lowest BCUT2D eigenvalue weighted by molar-refractivity contribution is 0.195. The van der Waals surface area contributed by atoms with E-state index in [1.165, 1.54) is 7.05 Å². The Morgan fingerprint density at radius 1 is 1.25 bits per heavy atom. The van der Waals surface area contributed by atoms with Crippen LogP contribution in [-0.2, 0) is 9.84 Å². The summed E-state index contributed by atoms with van der Waals surface area (Å²) in [6.07, 6.45) is 5.96. The number of hydrogen-bond donors (Lipinski definition) is 1. The molecule has 1 rings (SSSR count). The second-order valence-corrected chi connectivity index (χ2v) is 9.59. The quantitative estimate of drug-likeness (QED) is 0.782. The zero-order chi connectivity index (χ0) is 15.6. The van der Waals surface area contributed by atoms with Crippen LogP contribution < -0.4 is 5.32 Å². The number of rotatable bonds is 3. The summed E-state index contributed by atoms with van der Waals surface area (Å²) in [5.74, 6) is 0. The Kier molecular flexibility index (Phi) is 6.26. The molecule has 1 aliphatic rings. The fourth-order valence-electron chi connectivity index (χ4n) is 2.38. The average molecular weight is 366 g/mol. The zero-order valence-corrected chi connectivity index (χ0v) is 14.5. The van der Waals surface area contributed by atoms with Crippen LogP contribution in [0.5, 0.6) is 0 Å². The van der Waals surface area contributed by atoms with E-state index in [4.69, 9.17) is 34.8 Å². The third kappa shape index (κ3) is 5.13. The molecule has 0 aromatic heterocycles. The van der Waals surface area contributed by atoms with E-state index in [0.29, 0.717) is 0 Å². The molecule has 5 nitrogen and oxygen atoms in total. The molecule has 1 saturated carbocycles. The minimum absolute atomic E-state index is 0.0503. The van der Waals surface area contributed by atoms with Gasteiger partial charge in [-0.15, -0.1) is 0 Å². The van der Waals surface area contributed by atoms with Gasteiger partial charge in [-0.2, -0.15) is 0 Å². The average Bonchev–Trinajstić information content (AvgIpc) is 2.26. The molecule has 1 aliphatic carbocycles. The molecule has 0 bridgehead atoms. The van der Waals surface area contributed by atoms with Gasteiger partial charge in [0.25, 0.3) is 0 Å². The molecular formula is C11H19Cl3N2O3S. The second kappa shape index (κ2) is 6.90. The maximum absolute atomic E-state index is 12.1. The number of carbonyl (C=O) groups is 1. The molecule has 1 N–H and O–H groups in total. The summed E-state index contributed by atoms with van der Waals surface area (Å²) >= 11 is 17.1. The van der Waals surface area contributed by atoms with Crippen LogP contribution in [0.2, 0.25) is 0 Å². The molecular weight excluding hydrogens is 347 g/mol. The number of amides is 2. The lowest BCUT2D eigenvalue weighted by atomic mass is 9.96. The van der Waals surface area contributed by atoms with Gasteiger partial charge in [0, 0.05) is 19.3 Å². The van der Waals surface area contributed by atoms with Crippen molar-refractivity contribution in [3.8, 4) is 0 Å². The normalized spacial score (nSPS) is 19.4. The molecule has 0 spiro atoms. The van der Waals surface area contributed by atoms with Crippen LogP contribution >= 0.6 is 34.8 Å². The van der Waals surface area contributed by atoms with Gasteiger partial charge in [-0.1, -0.05) is 54.1 Å². The molecule has 118 valence electrons. The number of carbonyl (C=O) groups excluding carboxylic acids is 1. The predicted molar refractivity (Wildman–Crippen MR) is 82.1 cm³/mol. The first kappa shape index (κ1) is 18.1. The van der Waals surface area contributed by atoms with Crippen molar-refractivity contribution in [2.45, 2.75) is 47.3 Å². The van der Waals surface area contributed by atoms with Crippen LogP contribution in [0.15, 0.2) is 0 Å². The smallest absolute Gasteiger partial charge is 0.318 e. The molecule has 1 fully saturated rings. The van der Waals surface area contributed by atoms with E-state index in [2.05, 4.69) is 5.32 Å². The van der Waals surface area contributed by atoms with Crippen LogP contribution in [-0.4, -0.2) is 47.9 Å². The third-order valence-electron chi connectivity index (χ3n) is 3.29. The lowest BCUT2D eigenvalue weighted by Crippen LogP contribution is -2.54. The molecule has 0 aliphatic heterocycles. The maximum Gasteiger partial charge on any atom is 0.318 e. The summed E-state index contributed by atoms with van der Waals surface area (Å²) in [5.41, 5.74) is 0. The van der Waals surface area contributed by atoms with Crippen molar-refractivity contribution in [1.29, 1.82) is 0 Å². The van der Waals surface area contributed by atoms with Crippen molar-refractivity contribution in [3.05, 3.63) is 0 Å². The van der Waals surface area contributed by atoms with E-state index in [9.17, 15) is 13.2 Å². The third-order valence-corrected chi connectivity index (χ3v) is 5.78. The summed E-state index contributed by atoms with van der Waals surface area (Å²) in [7, 11) is -2.43. The van der Waals surface area contributed by atoms with Gasteiger partial charge >= 0.3 is 6.03 Å². The van der Waals surface area contributed by atoms with Gasteiger partial charge in [0.2, 0.25) is 3.79 Å². The molecule has 2 amide bonds. The summed E-state index contributed by atoms with van der Waals surface area (Å²) < 4.78 is 21.4. The van der Waals surface area contributed by atoms with Gasteiger partial charge in [0.05, 0.1) is 0 Å². The fraction of sp³-hybridized carbons (Fsp3) is 0.909.